The number of aldehydes is 1. The number of ether oxygens (including phenoxy) is 2. The van der Waals surface area contributed by atoms with Crippen molar-refractivity contribution in [1.82, 2.24) is 0 Å². The quantitative estimate of drug-likeness (QED) is 0.780. The third kappa shape index (κ3) is 3.94. The van der Waals surface area contributed by atoms with Crippen LogP contribution in [0.2, 0.25) is 0 Å². The molecule has 1 aromatic carbocycles. The van der Waals surface area contributed by atoms with Gasteiger partial charge < -0.3 is 14.6 Å². The highest BCUT2D eigenvalue weighted by Crippen LogP contribution is 2.37. The lowest BCUT2D eigenvalue weighted by atomic mass is 9.99. The molecule has 0 amide bonds. The molecule has 0 spiro atoms. The normalized spacial score (nSPS) is 11.2. The van der Waals surface area contributed by atoms with E-state index in [2.05, 4.69) is 15.9 Å². The van der Waals surface area contributed by atoms with Gasteiger partial charge in [-0.15, -0.1) is 0 Å². The topological polar surface area (TPSA) is 55.8 Å². The van der Waals surface area contributed by atoms with Crippen LogP contribution in [0.3, 0.4) is 0 Å². The van der Waals surface area contributed by atoms with E-state index in [9.17, 15) is 9.90 Å². The Morgan fingerprint density at radius 1 is 1.37 bits per heavy atom. The van der Waals surface area contributed by atoms with Crippen molar-refractivity contribution in [2.24, 2.45) is 0 Å². The number of carbonyl (C=O) groups excluding carboxylic acids is 1. The van der Waals surface area contributed by atoms with Gasteiger partial charge in [0.25, 0.3) is 0 Å². The average molecular weight is 331 g/mol. The fourth-order valence-electron chi connectivity index (χ4n) is 1.61. The van der Waals surface area contributed by atoms with Gasteiger partial charge in [0.2, 0.25) is 0 Å². The molecule has 0 bridgehead atoms. The third-order valence-corrected chi connectivity index (χ3v) is 3.78. The molecule has 0 saturated heterocycles. The first-order chi connectivity index (χ1) is 8.99. The zero-order valence-corrected chi connectivity index (χ0v) is 13.0. The molecule has 1 aromatic rings. The van der Waals surface area contributed by atoms with Gasteiger partial charge in [0.1, 0.15) is 12.9 Å². The Bertz CT molecular complexity index is 441. The number of rotatable bonds is 7. The molecule has 0 saturated carbocycles. The summed E-state index contributed by atoms with van der Waals surface area (Å²) in [5.41, 5.74) is -0.356. The minimum Gasteiger partial charge on any atom is -0.493 e. The molecular formula is C14H19BrO4. The predicted molar refractivity (Wildman–Crippen MR) is 77.1 cm³/mol. The summed E-state index contributed by atoms with van der Waals surface area (Å²) in [5.74, 6) is 0.958. The fraction of sp³-hybridized carbons (Fsp3) is 0.500. The van der Waals surface area contributed by atoms with Crippen molar-refractivity contribution in [1.29, 1.82) is 0 Å². The number of aliphatic hydroxyl groups is 1. The second-order valence-corrected chi connectivity index (χ2v) is 5.23. The Morgan fingerprint density at radius 3 is 2.47 bits per heavy atom. The van der Waals surface area contributed by atoms with Crippen LogP contribution in [0.5, 0.6) is 11.5 Å². The van der Waals surface area contributed by atoms with E-state index < -0.39 is 5.60 Å². The molecule has 1 N–H and O–H groups in total. The van der Waals surface area contributed by atoms with Gasteiger partial charge in [-0.1, -0.05) is 13.8 Å². The molecule has 1 rings (SSSR count). The third-order valence-electron chi connectivity index (χ3n) is 3.19. The van der Waals surface area contributed by atoms with Crippen LogP contribution >= 0.6 is 15.9 Å². The molecule has 0 atom stereocenters. The van der Waals surface area contributed by atoms with Crippen molar-refractivity contribution in [2.45, 2.75) is 32.3 Å². The summed E-state index contributed by atoms with van der Waals surface area (Å²) in [6.45, 7) is 4.00. The summed E-state index contributed by atoms with van der Waals surface area (Å²) in [7, 11) is 1.51. The van der Waals surface area contributed by atoms with Crippen molar-refractivity contribution in [2.75, 3.05) is 13.7 Å². The molecule has 4 nitrogen and oxygen atoms in total. The van der Waals surface area contributed by atoms with Crippen LogP contribution in [0.1, 0.15) is 37.0 Å². The lowest BCUT2D eigenvalue weighted by Crippen LogP contribution is -2.34. The van der Waals surface area contributed by atoms with Crippen molar-refractivity contribution in [3.63, 3.8) is 0 Å². The fourth-order valence-corrected chi connectivity index (χ4v) is 2.18. The highest BCUT2D eigenvalue weighted by molar-refractivity contribution is 9.10. The van der Waals surface area contributed by atoms with Crippen molar-refractivity contribution < 1.29 is 19.4 Å². The average Bonchev–Trinajstić information content (AvgIpc) is 2.44. The van der Waals surface area contributed by atoms with E-state index in [0.717, 1.165) is 6.29 Å². The molecule has 0 aliphatic rings. The first kappa shape index (κ1) is 16.0. The molecule has 0 heterocycles. The van der Waals surface area contributed by atoms with E-state index >= 15 is 0 Å². The number of methoxy groups -OCH3 is 1. The van der Waals surface area contributed by atoms with Gasteiger partial charge in [-0.2, -0.15) is 0 Å². The van der Waals surface area contributed by atoms with Gasteiger partial charge in [-0.05, 0) is 40.9 Å². The van der Waals surface area contributed by atoms with Gasteiger partial charge in [-0.25, -0.2) is 0 Å². The maximum Gasteiger partial charge on any atom is 0.175 e. The molecule has 19 heavy (non-hydrogen) atoms. The van der Waals surface area contributed by atoms with Crippen LogP contribution in [0.25, 0.3) is 0 Å². The van der Waals surface area contributed by atoms with Gasteiger partial charge in [-0.3, -0.25) is 4.79 Å². The maximum atomic E-state index is 10.8. The zero-order chi connectivity index (χ0) is 14.5. The first-order valence-electron chi connectivity index (χ1n) is 6.17. The van der Waals surface area contributed by atoms with Crippen molar-refractivity contribution >= 4 is 22.2 Å². The molecule has 106 valence electrons. The highest BCUT2D eigenvalue weighted by Gasteiger charge is 2.24. The Hall–Kier alpha value is -1.07. The summed E-state index contributed by atoms with van der Waals surface area (Å²) in [5, 5.41) is 10.2. The van der Waals surface area contributed by atoms with Crippen LogP contribution in [0.4, 0.5) is 0 Å². The molecule has 0 aliphatic heterocycles. The van der Waals surface area contributed by atoms with Crippen LogP contribution in [0, 0.1) is 0 Å². The van der Waals surface area contributed by atoms with E-state index in [0.29, 0.717) is 34.4 Å². The van der Waals surface area contributed by atoms with E-state index in [4.69, 9.17) is 9.47 Å². The largest absolute Gasteiger partial charge is 0.493 e. The summed E-state index contributed by atoms with van der Waals surface area (Å²) in [6.07, 6.45) is 1.96. The molecule has 5 heteroatoms. The van der Waals surface area contributed by atoms with Crippen LogP contribution in [-0.2, 0) is 0 Å². The van der Waals surface area contributed by atoms with Gasteiger partial charge >= 0.3 is 0 Å². The van der Waals surface area contributed by atoms with Crippen molar-refractivity contribution in [3.8, 4) is 11.5 Å². The Balaban J connectivity index is 2.97. The molecule has 0 aliphatic carbocycles. The molecule has 0 aromatic heterocycles. The number of halogens is 1. The zero-order valence-electron chi connectivity index (χ0n) is 11.4. The van der Waals surface area contributed by atoms with Crippen LogP contribution < -0.4 is 9.47 Å². The number of hydrogen-bond donors (Lipinski definition) is 1. The number of carbonyl (C=O) groups is 1. The van der Waals surface area contributed by atoms with E-state index in [1.165, 1.54) is 7.11 Å². The van der Waals surface area contributed by atoms with Gasteiger partial charge in [0, 0.05) is 5.56 Å². The SMILES string of the molecule is CCC(O)(CC)COc1c(Br)cc(C=O)cc1OC. The highest BCUT2D eigenvalue weighted by atomic mass is 79.9. The lowest BCUT2D eigenvalue weighted by molar-refractivity contribution is -0.0121. The smallest absolute Gasteiger partial charge is 0.175 e. The predicted octanol–water partition coefficient (Wildman–Crippen LogP) is 3.20. The van der Waals surface area contributed by atoms with Crippen LogP contribution in [0.15, 0.2) is 16.6 Å². The van der Waals surface area contributed by atoms with Crippen LogP contribution in [-0.4, -0.2) is 30.7 Å². The standard InChI is InChI=1S/C14H19BrO4/c1-4-14(17,5-2)9-19-13-11(15)6-10(8-16)7-12(13)18-3/h6-8,17H,4-5,9H2,1-3H3. The number of hydrogen-bond acceptors (Lipinski definition) is 4. The molecule has 0 unspecified atom stereocenters. The second kappa shape index (κ2) is 6.91. The maximum absolute atomic E-state index is 10.8. The summed E-state index contributed by atoms with van der Waals surface area (Å²) in [4.78, 5) is 10.8. The first-order valence-corrected chi connectivity index (χ1v) is 6.96. The van der Waals surface area contributed by atoms with Gasteiger partial charge in [0.05, 0.1) is 17.2 Å². The second-order valence-electron chi connectivity index (χ2n) is 4.37. The van der Waals surface area contributed by atoms with Gasteiger partial charge in [0.15, 0.2) is 11.5 Å². The Labute approximate surface area is 121 Å². The summed E-state index contributed by atoms with van der Waals surface area (Å²) >= 11 is 3.35. The summed E-state index contributed by atoms with van der Waals surface area (Å²) in [6, 6.07) is 3.26. The van der Waals surface area contributed by atoms with E-state index in [-0.39, 0.29) is 6.61 Å². The molecular weight excluding hydrogens is 312 g/mol. The summed E-state index contributed by atoms with van der Waals surface area (Å²) < 4.78 is 11.5. The lowest BCUT2D eigenvalue weighted by Gasteiger charge is -2.26. The molecule has 0 radical (unpaired) electrons. The van der Waals surface area contributed by atoms with E-state index in [1.54, 1.807) is 12.1 Å². The minimum atomic E-state index is -0.853. The minimum absolute atomic E-state index is 0.176. The van der Waals surface area contributed by atoms with E-state index in [1.807, 2.05) is 13.8 Å². The Kier molecular flexibility index (Phi) is 5.82. The molecule has 0 fully saturated rings. The Morgan fingerprint density at radius 2 is 2.00 bits per heavy atom. The monoisotopic (exact) mass is 330 g/mol. The van der Waals surface area contributed by atoms with Crippen molar-refractivity contribution in [3.05, 3.63) is 22.2 Å². The number of benzene rings is 1.